The molecule has 2 heterocycles. The second-order valence-corrected chi connectivity index (χ2v) is 11.0. The molecule has 3 aromatic carbocycles. The van der Waals surface area contributed by atoms with Gasteiger partial charge in [0.05, 0.1) is 17.6 Å². The predicted molar refractivity (Wildman–Crippen MR) is 142 cm³/mol. The zero-order chi connectivity index (χ0) is 23.9. The SMILES string of the molecule is O=S(=O)(Nc1cc(N2CCNCC2)c2occc2c1)C1(c2cccc3ccccc23)C=CC=CC1. The molecule has 0 radical (unpaired) electrons. The Balaban J connectivity index is 1.47. The number of allylic oxidation sites excluding steroid dienone is 3. The fourth-order valence-corrected chi connectivity index (χ4v) is 6.90. The van der Waals surface area contributed by atoms with Crippen LogP contribution in [0.15, 0.2) is 95.6 Å². The molecule has 2 N–H and O–H groups in total. The van der Waals surface area contributed by atoms with Crippen LogP contribution in [0, 0.1) is 0 Å². The number of nitrogens with zero attached hydrogens (tertiary/aromatic N) is 1. The van der Waals surface area contributed by atoms with E-state index in [9.17, 15) is 8.42 Å². The predicted octanol–water partition coefficient (Wildman–Crippen LogP) is 5.15. The third-order valence-corrected chi connectivity index (χ3v) is 8.99. The number of hydrogen-bond acceptors (Lipinski definition) is 5. The maximum atomic E-state index is 14.2. The zero-order valence-electron chi connectivity index (χ0n) is 19.3. The van der Waals surface area contributed by atoms with Crippen molar-refractivity contribution < 1.29 is 12.8 Å². The molecule has 1 unspecified atom stereocenters. The first kappa shape index (κ1) is 21.9. The highest BCUT2D eigenvalue weighted by molar-refractivity contribution is 7.93. The number of piperazine rings is 1. The van der Waals surface area contributed by atoms with Gasteiger partial charge < -0.3 is 14.6 Å². The van der Waals surface area contributed by atoms with Crippen LogP contribution in [0.5, 0.6) is 0 Å². The number of furan rings is 1. The molecule has 6 rings (SSSR count). The van der Waals surface area contributed by atoms with Crippen LogP contribution in [0.4, 0.5) is 11.4 Å². The van der Waals surface area contributed by atoms with Crippen molar-refractivity contribution >= 4 is 43.1 Å². The molecule has 0 spiro atoms. The molecule has 0 amide bonds. The first-order valence-corrected chi connectivity index (χ1v) is 13.4. The second kappa shape index (κ2) is 8.59. The molecule has 1 saturated heterocycles. The molecule has 4 aromatic rings. The maximum absolute atomic E-state index is 14.2. The van der Waals surface area contributed by atoms with Crippen molar-refractivity contribution in [1.29, 1.82) is 0 Å². The molecule has 1 aliphatic heterocycles. The summed E-state index contributed by atoms with van der Waals surface area (Å²) < 4.78 is 36.0. The zero-order valence-corrected chi connectivity index (χ0v) is 20.1. The number of rotatable bonds is 5. The number of fused-ring (bicyclic) bond motifs is 2. The van der Waals surface area contributed by atoms with Gasteiger partial charge in [-0.15, -0.1) is 0 Å². The van der Waals surface area contributed by atoms with E-state index < -0.39 is 14.8 Å². The lowest BCUT2D eigenvalue weighted by atomic mass is 9.88. The highest BCUT2D eigenvalue weighted by Gasteiger charge is 2.44. The standard InChI is InChI=1S/C28H27N3O3S/c32-35(33,28(12-4-1-5-13-28)25-10-6-8-21-7-2-3-9-24(21)25)30-23-19-22-11-18-34-27(22)26(20-23)31-16-14-29-15-17-31/h1-12,18-20,29-30H,13-17H2. The summed E-state index contributed by atoms with van der Waals surface area (Å²) >= 11 is 0. The van der Waals surface area contributed by atoms with Crippen molar-refractivity contribution in [2.75, 3.05) is 35.8 Å². The van der Waals surface area contributed by atoms with E-state index in [4.69, 9.17) is 4.42 Å². The monoisotopic (exact) mass is 485 g/mol. The van der Waals surface area contributed by atoms with Crippen LogP contribution in [0.3, 0.4) is 0 Å². The third-order valence-electron chi connectivity index (χ3n) is 7.00. The van der Waals surface area contributed by atoms with Crippen LogP contribution in [0.2, 0.25) is 0 Å². The number of hydrogen-bond donors (Lipinski definition) is 2. The van der Waals surface area contributed by atoms with Crippen molar-refractivity contribution in [2.24, 2.45) is 0 Å². The number of benzene rings is 3. The van der Waals surface area contributed by atoms with Crippen LogP contribution in [0.25, 0.3) is 21.7 Å². The molecular formula is C28H27N3O3S. The normalized spacial score (nSPS) is 20.5. The summed E-state index contributed by atoms with van der Waals surface area (Å²) in [5, 5.41) is 6.19. The molecule has 6 nitrogen and oxygen atoms in total. The Bertz CT molecular complexity index is 1560. The van der Waals surface area contributed by atoms with E-state index in [0.29, 0.717) is 12.1 Å². The average Bonchev–Trinajstić information content (AvgIpc) is 3.37. The van der Waals surface area contributed by atoms with Gasteiger partial charge in [-0.3, -0.25) is 4.72 Å². The lowest BCUT2D eigenvalue weighted by molar-refractivity contribution is 0.564. The highest BCUT2D eigenvalue weighted by Crippen LogP contribution is 2.43. The van der Waals surface area contributed by atoms with E-state index in [-0.39, 0.29) is 0 Å². The first-order chi connectivity index (χ1) is 17.1. The summed E-state index contributed by atoms with van der Waals surface area (Å²) in [4.78, 5) is 2.24. The van der Waals surface area contributed by atoms with E-state index >= 15 is 0 Å². The summed E-state index contributed by atoms with van der Waals surface area (Å²) in [6.45, 7) is 3.41. The number of sulfonamides is 1. The fourth-order valence-electron chi connectivity index (χ4n) is 5.25. The smallest absolute Gasteiger partial charge is 0.246 e. The van der Waals surface area contributed by atoms with Gasteiger partial charge in [0.15, 0.2) is 5.58 Å². The number of nitrogens with one attached hydrogen (secondary N) is 2. The molecule has 0 saturated carbocycles. The summed E-state index contributed by atoms with van der Waals surface area (Å²) in [5.41, 5.74) is 2.99. The van der Waals surface area contributed by atoms with Gasteiger partial charge in [-0.2, -0.15) is 0 Å². The van der Waals surface area contributed by atoms with Gasteiger partial charge in [0.25, 0.3) is 0 Å². The molecule has 2 aliphatic rings. The average molecular weight is 486 g/mol. The van der Waals surface area contributed by atoms with Gasteiger partial charge in [-0.1, -0.05) is 66.8 Å². The van der Waals surface area contributed by atoms with Crippen molar-refractivity contribution in [2.45, 2.75) is 11.2 Å². The van der Waals surface area contributed by atoms with Crippen LogP contribution in [-0.4, -0.2) is 34.6 Å². The molecule has 1 fully saturated rings. The minimum Gasteiger partial charge on any atom is -0.462 e. The van der Waals surface area contributed by atoms with Crippen molar-refractivity contribution in [1.82, 2.24) is 5.32 Å². The van der Waals surface area contributed by atoms with Gasteiger partial charge in [0, 0.05) is 31.6 Å². The Kier molecular flexibility index (Phi) is 5.39. The summed E-state index contributed by atoms with van der Waals surface area (Å²) in [5.74, 6) is 0. The molecule has 0 bridgehead atoms. The molecule has 1 aliphatic carbocycles. The fraction of sp³-hybridized carbons (Fsp3) is 0.214. The summed E-state index contributed by atoms with van der Waals surface area (Å²) in [6.07, 6.45) is 9.47. The van der Waals surface area contributed by atoms with E-state index in [1.165, 1.54) is 0 Å². The molecule has 1 atom stereocenters. The summed E-state index contributed by atoms with van der Waals surface area (Å²) in [6, 6.07) is 19.4. The second-order valence-electron chi connectivity index (χ2n) is 9.08. The minimum atomic E-state index is -3.89. The van der Waals surface area contributed by atoms with E-state index in [2.05, 4.69) is 14.9 Å². The Labute approximate surface area is 205 Å². The van der Waals surface area contributed by atoms with Crippen LogP contribution < -0.4 is 14.9 Å². The van der Waals surface area contributed by atoms with Crippen molar-refractivity contribution in [3.05, 3.63) is 96.8 Å². The number of anilines is 2. The molecule has 35 heavy (non-hydrogen) atoms. The van der Waals surface area contributed by atoms with Gasteiger partial charge in [-0.05, 0) is 41.0 Å². The van der Waals surface area contributed by atoms with Crippen molar-refractivity contribution in [3.63, 3.8) is 0 Å². The largest absolute Gasteiger partial charge is 0.462 e. The lowest BCUT2D eigenvalue weighted by Gasteiger charge is -2.33. The Morgan fingerprint density at radius 2 is 1.77 bits per heavy atom. The topological polar surface area (TPSA) is 74.6 Å². The molecular weight excluding hydrogens is 458 g/mol. The Hall–Kier alpha value is -3.55. The van der Waals surface area contributed by atoms with Gasteiger partial charge in [0.1, 0.15) is 4.75 Å². The van der Waals surface area contributed by atoms with Gasteiger partial charge in [0.2, 0.25) is 10.0 Å². The van der Waals surface area contributed by atoms with E-state index in [1.807, 2.05) is 85.0 Å². The molecule has 178 valence electrons. The van der Waals surface area contributed by atoms with Gasteiger partial charge >= 0.3 is 0 Å². The lowest BCUT2D eigenvalue weighted by Crippen LogP contribution is -2.43. The van der Waals surface area contributed by atoms with Crippen LogP contribution >= 0.6 is 0 Å². The Morgan fingerprint density at radius 3 is 2.60 bits per heavy atom. The molecule has 1 aromatic heterocycles. The summed E-state index contributed by atoms with van der Waals surface area (Å²) in [7, 11) is -3.89. The highest BCUT2D eigenvalue weighted by atomic mass is 32.2. The van der Waals surface area contributed by atoms with E-state index in [1.54, 1.807) is 6.26 Å². The quantitative estimate of drug-likeness (QED) is 0.409. The Morgan fingerprint density at radius 1 is 0.943 bits per heavy atom. The molecule has 7 heteroatoms. The van der Waals surface area contributed by atoms with E-state index in [0.717, 1.165) is 59.2 Å². The van der Waals surface area contributed by atoms with Gasteiger partial charge in [-0.25, -0.2) is 8.42 Å². The van der Waals surface area contributed by atoms with Crippen LogP contribution in [0.1, 0.15) is 12.0 Å². The minimum absolute atomic E-state index is 0.353. The third kappa shape index (κ3) is 3.72. The maximum Gasteiger partial charge on any atom is 0.246 e. The van der Waals surface area contributed by atoms with Crippen molar-refractivity contribution in [3.8, 4) is 0 Å². The first-order valence-electron chi connectivity index (χ1n) is 11.9. The van der Waals surface area contributed by atoms with Crippen LogP contribution in [-0.2, 0) is 14.8 Å².